The summed E-state index contributed by atoms with van der Waals surface area (Å²) in [6.07, 6.45) is 1.40. The molecular formula is C24H17ClN4O4. The third kappa shape index (κ3) is 4.63. The van der Waals surface area contributed by atoms with Crippen LogP contribution < -0.4 is 14.8 Å². The van der Waals surface area contributed by atoms with Crippen molar-refractivity contribution in [2.45, 2.75) is 6.61 Å². The third-order valence-electron chi connectivity index (χ3n) is 4.92. The first-order chi connectivity index (χ1) is 16.0. The Bertz CT molecular complexity index is 1390. The highest BCUT2D eigenvalue weighted by atomic mass is 35.5. The van der Waals surface area contributed by atoms with Crippen molar-refractivity contribution < 1.29 is 14.4 Å². The summed E-state index contributed by atoms with van der Waals surface area (Å²) in [4.78, 5) is 15.2. The van der Waals surface area contributed by atoms with E-state index in [1.807, 2.05) is 30.3 Å². The summed E-state index contributed by atoms with van der Waals surface area (Å²) in [7, 11) is 1.35. The van der Waals surface area contributed by atoms with Crippen LogP contribution in [0.25, 0.3) is 10.9 Å². The Hall–Kier alpha value is -4.35. The second kappa shape index (κ2) is 9.42. The molecule has 0 bridgehead atoms. The number of nitro groups is 1. The average Bonchev–Trinajstić information content (AvgIpc) is 2.83. The number of nitro benzene ring substituents is 1. The Kier molecular flexibility index (Phi) is 6.24. The molecule has 0 spiro atoms. The zero-order valence-corrected chi connectivity index (χ0v) is 18.2. The molecule has 4 rings (SSSR count). The first-order valence-corrected chi connectivity index (χ1v) is 10.2. The van der Waals surface area contributed by atoms with Crippen molar-refractivity contribution in [3.63, 3.8) is 0 Å². The molecule has 1 aromatic heterocycles. The molecule has 0 unspecified atom stereocenters. The number of halogens is 1. The van der Waals surface area contributed by atoms with Crippen molar-refractivity contribution >= 4 is 39.6 Å². The number of hydrogen-bond donors (Lipinski definition) is 1. The highest BCUT2D eigenvalue weighted by Crippen LogP contribution is 2.37. The van der Waals surface area contributed by atoms with Crippen LogP contribution in [-0.2, 0) is 6.61 Å². The van der Waals surface area contributed by atoms with E-state index in [1.165, 1.54) is 25.4 Å². The molecule has 3 aromatic carbocycles. The molecule has 33 heavy (non-hydrogen) atoms. The Balaban J connectivity index is 1.68. The fourth-order valence-electron chi connectivity index (χ4n) is 3.31. The second-order valence-corrected chi connectivity index (χ2v) is 7.41. The maximum atomic E-state index is 11.5. The van der Waals surface area contributed by atoms with Crippen molar-refractivity contribution in [1.29, 1.82) is 5.26 Å². The topological polar surface area (TPSA) is 110 Å². The van der Waals surface area contributed by atoms with Gasteiger partial charge in [0.2, 0.25) is 0 Å². The zero-order chi connectivity index (χ0) is 23.4. The van der Waals surface area contributed by atoms with Gasteiger partial charge in [-0.2, -0.15) is 5.26 Å². The number of nitrogens with zero attached hydrogens (tertiary/aromatic N) is 3. The standard InChI is InChI=1S/C24H17ClN4O4/c1-32-23-11-20-18(10-21(23)29(30)31)24(16(12-26)13-27-20)28-17-7-8-22(19(25)9-17)33-14-15-5-3-2-4-6-15/h2-11,13H,14H2,1H3,(H,27,28). The van der Waals surface area contributed by atoms with E-state index in [9.17, 15) is 15.4 Å². The number of pyridine rings is 1. The summed E-state index contributed by atoms with van der Waals surface area (Å²) in [6.45, 7) is 0.367. The number of methoxy groups -OCH3 is 1. The molecule has 0 radical (unpaired) electrons. The van der Waals surface area contributed by atoms with Crippen LogP contribution in [0.3, 0.4) is 0 Å². The van der Waals surface area contributed by atoms with Gasteiger partial charge in [-0.25, -0.2) is 0 Å². The van der Waals surface area contributed by atoms with E-state index in [2.05, 4.69) is 16.4 Å². The summed E-state index contributed by atoms with van der Waals surface area (Å²) in [5.41, 5.74) is 2.40. The molecule has 164 valence electrons. The fourth-order valence-corrected chi connectivity index (χ4v) is 3.54. The quantitative estimate of drug-likeness (QED) is 0.266. The predicted molar refractivity (Wildman–Crippen MR) is 125 cm³/mol. The second-order valence-electron chi connectivity index (χ2n) is 7.00. The van der Waals surface area contributed by atoms with Gasteiger partial charge in [-0.15, -0.1) is 0 Å². The van der Waals surface area contributed by atoms with Gasteiger partial charge in [0.1, 0.15) is 18.4 Å². The third-order valence-corrected chi connectivity index (χ3v) is 5.22. The molecule has 0 atom stereocenters. The number of fused-ring (bicyclic) bond motifs is 1. The van der Waals surface area contributed by atoms with Crippen molar-refractivity contribution in [1.82, 2.24) is 4.98 Å². The summed E-state index contributed by atoms with van der Waals surface area (Å²) >= 11 is 6.41. The minimum atomic E-state index is -0.545. The lowest BCUT2D eigenvalue weighted by atomic mass is 10.1. The Morgan fingerprint density at radius 2 is 1.94 bits per heavy atom. The summed E-state index contributed by atoms with van der Waals surface area (Å²) in [5, 5.41) is 25.0. The summed E-state index contributed by atoms with van der Waals surface area (Å²) < 4.78 is 10.9. The number of anilines is 2. The van der Waals surface area contributed by atoms with E-state index in [0.717, 1.165) is 5.56 Å². The molecule has 0 aliphatic rings. The SMILES string of the molecule is COc1cc2ncc(C#N)c(Nc3ccc(OCc4ccccc4)c(Cl)c3)c2cc1[N+](=O)[O-]. The van der Waals surface area contributed by atoms with Crippen molar-refractivity contribution in [3.8, 4) is 17.6 Å². The fraction of sp³-hybridized carbons (Fsp3) is 0.0833. The van der Waals surface area contributed by atoms with E-state index < -0.39 is 4.92 Å². The molecule has 1 heterocycles. The van der Waals surface area contributed by atoms with Gasteiger partial charge in [0.15, 0.2) is 5.75 Å². The Morgan fingerprint density at radius 1 is 1.15 bits per heavy atom. The summed E-state index contributed by atoms with van der Waals surface area (Å²) in [5.74, 6) is 0.588. The van der Waals surface area contributed by atoms with Crippen LogP contribution >= 0.6 is 11.6 Å². The number of hydrogen-bond acceptors (Lipinski definition) is 7. The monoisotopic (exact) mass is 460 g/mol. The van der Waals surface area contributed by atoms with Gasteiger partial charge in [-0.1, -0.05) is 41.9 Å². The van der Waals surface area contributed by atoms with Crippen molar-refractivity contribution in [2.24, 2.45) is 0 Å². The van der Waals surface area contributed by atoms with E-state index in [1.54, 1.807) is 18.2 Å². The molecule has 0 saturated carbocycles. The van der Waals surface area contributed by atoms with Gasteiger partial charge in [-0.3, -0.25) is 15.1 Å². The number of rotatable bonds is 7. The Labute approximate surface area is 194 Å². The molecule has 9 heteroatoms. The molecule has 0 aliphatic heterocycles. The molecule has 0 amide bonds. The minimum Gasteiger partial charge on any atom is -0.490 e. The molecule has 8 nitrogen and oxygen atoms in total. The lowest BCUT2D eigenvalue weighted by molar-refractivity contribution is -0.385. The van der Waals surface area contributed by atoms with Crippen LogP contribution in [0.5, 0.6) is 11.5 Å². The van der Waals surface area contributed by atoms with Crippen LogP contribution in [0.2, 0.25) is 5.02 Å². The van der Waals surface area contributed by atoms with E-state index in [-0.39, 0.29) is 17.0 Å². The maximum Gasteiger partial charge on any atom is 0.311 e. The van der Waals surface area contributed by atoms with E-state index >= 15 is 0 Å². The van der Waals surface area contributed by atoms with Gasteiger partial charge >= 0.3 is 5.69 Å². The number of nitrogens with one attached hydrogen (secondary N) is 1. The number of benzene rings is 3. The number of aromatic nitrogens is 1. The van der Waals surface area contributed by atoms with Crippen LogP contribution in [-0.4, -0.2) is 17.0 Å². The molecule has 0 saturated heterocycles. The van der Waals surface area contributed by atoms with Gasteiger partial charge in [0.25, 0.3) is 0 Å². The molecule has 1 N–H and O–H groups in total. The Morgan fingerprint density at radius 3 is 2.61 bits per heavy atom. The van der Waals surface area contributed by atoms with Crippen molar-refractivity contribution in [2.75, 3.05) is 12.4 Å². The predicted octanol–water partition coefficient (Wildman–Crippen LogP) is 6.00. The van der Waals surface area contributed by atoms with Gasteiger partial charge in [0, 0.05) is 29.4 Å². The lowest BCUT2D eigenvalue weighted by Crippen LogP contribution is -2.00. The van der Waals surface area contributed by atoms with E-state index in [4.69, 9.17) is 21.1 Å². The van der Waals surface area contributed by atoms with Gasteiger partial charge in [-0.05, 0) is 23.8 Å². The number of nitriles is 1. The van der Waals surface area contributed by atoms with Gasteiger partial charge in [0.05, 0.1) is 33.8 Å². The van der Waals surface area contributed by atoms with Crippen LogP contribution in [0.15, 0.2) is 66.9 Å². The lowest BCUT2D eigenvalue weighted by Gasteiger charge is -2.14. The van der Waals surface area contributed by atoms with Crippen LogP contribution in [0, 0.1) is 21.4 Å². The normalized spacial score (nSPS) is 10.5. The molecular weight excluding hydrogens is 444 g/mol. The minimum absolute atomic E-state index is 0.0821. The average molecular weight is 461 g/mol. The highest BCUT2D eigenvalue weighted by Gasteiger charge is 2.20. The molecule has 0 aliphatic carbocycles. The largest absolute Gasteiger partial charge is 0.490 e. The zero-order valence-electron chi connectivity index (χ0n) is 17.4. The molecule has 4 aromatic rings. The first-order valence-electron chi connectivity index (χ1n) is 9.78. The van der Waals surface area contributed by atoms with Gasteiger partial charge < -0.3 is 14.8 Å². The van der Waals surface area contributed by atoms with E-state index in [0.29, 0.717) is 39.7 Å². The number of ether oxygens (including phenoxy) is 2. The molecule has 0 fully saturated rings. The summed E-state index contributed by atoms with van der Waals surface area (Å²) in [6, 6.07) is 19.7. The van der Waals surface area contributed by atoms with Crippen molar-refractivity contribution in [3.05, 3.63) is 93.1 Å². The smallest absolute Gasteiger partial charge is 0.311 e. The first kappa shape index (κ1) is 21.9. The highest BCUT2D eigenvalue weighted by molar-refractivity contribution is 6.32. The van der Waals surface area contributed by atoms with Crippen LogP contribution in [0.1, 0.15) is 11.1 Å². The maximum absolute atomic E-state index is 11.5. The van der Waals surface area contributed by atoms with Crippen LogP contribution in [0.4, 0.5) is 17.1 Å².